The number of aryl methyl sites for hydroxylation is 1. The van der Waals surface area contributed by atoms with Gasteiger partial charge in [0.1, 0.15) is 11.5 Å². The lowest BCUT2D eigenvalue weighted by Crippen LogP contribution is -2.48. The van der Waals surface area contributed by atoms with Crippen molar-refractivity contribution in [2.45, 2.75) is 33.9 Å². The zero-order valence-corrected chi connectivity index (χ0v) is 17.3. The van der Waals surface area contributed by atoms with Gasteiger partial charge in [0.2, 0.25) is 0 Å². The van der Waals surface area contributed by atoms with Crippen LogP contribution in [-0.4, -0.2) is 64.5 Å². The number of benzene rings is 1. The van der Waals surface area contributed by atoms with Gasteiger partial charge in [0.15, 0.2) is 0 Å². The summed E-state index contributed by atoms with van der Waals surface area (Å²) in [6.45, 7) is 13.7. The monoisotopic (exact) mass is 381 g/mol. The third kappa shape index (κ3) is 4.07. The van der Waals surface area contributed by atoms with Gasteiger partial charge in [-0.15, -0.1) is 0 Å². The fourth-order valence-corrected chi connectivity index (χ4v) is 4.23. The zero-order valence-electron chi connectivity index (χ0n) is 17.3. The number of rotatable bonds is 4. The van der Waals surface area contributed by atoms with Crippen LogP contribution in [0.3, 0.4) is 0 Å². The molecule has 0 bridgehead atoms. The molecule has 0 spiro atoms. The van der Waals surface area contributed by atoms with Crippen LogP contribution in [-0.2, 0) is 13.1 Å². The van der Waals surface area contributed by atoms with Crippen molar-refractivity contribution in [1.29, 1.82) is 0 Å². The number of fused-ring (bicyclic) bond motifs is 1. The van der Waals surface area contributed by atoms with Crippen LogP contribution in [0.1, 0.15) is 35.7 Å². The summed E-state index contributed by atoms with van der Waals surface area (Å²) in [5, 5.41) is 0. The molecule has 0 atom stereocenters. The molecule has 0 unspecified atom stereocenters. The minimum atomic E-state index is 0.0706. The highest BCUT2D eigenvalue weighted by Crippen LogP contribution is 2.20. The first-order chi connectivity index (χ1) is 13.5. The normalized spacial score (nSPS) is 17.9. The third-order valence-corrected chi connectivity index (χ3v) is 5.66. The van der Waals surface area contributed by atoms with Gasteiger partial charge >= 0.3 is 0 Å². The summed E-state index contributed by atoms with van der Waals surface area (Å²) in [5.74, 6) is 1.74. The molecule has 150 valence electrons. The Morgan fingerprint density at radius 3 is 2.61 bits per heavy atom. The van der Waals surface area contributed by atoms with Gasteiger partial charge in [0.05, 0.1) is 6.54 Å². The zero-order chi connectivity index (χ0) is 19.7. The van der Waals surface area contributed by atoms with E-state index in [0.29, 0.717) is 11.6 Å². The molecule has 2 aromatic rings. The lowest BCUT2D eigenvalue weighted by atomic mass is 10.2. The van der Waals surface area contributed by atoms with Crippen molar-refractivity contribution >= 4 is 11.6 Å². The molecule has 0 aliphatic carbocycles. The Labute approximate surface area is 167 Å². The van der Waals surface area contributed by atoms with E-state index < -0.39 is 0 Å². The van der Waals surface area contributed by atoms with Gasteiger partial charge in [0, 0.05) is 57.7 Å². The van der Waals surface area contributed by atoms with Gasteiger partial charge in [-0.3, -0.25) is 9.69 Å². The highest BCUT2D eigenvalue weighted by molar-refractivity contribution is 5.92. The van der Waals surface area contributed by atoms with Crippen LogP contribution in [0.15, 0.2) is 30.5 Å². The molecular weight excluding hydrogens is 350 g/mol. The first-order valence-corrected chi connectivity index (χ1v) is 10.4. The minimum Gasteiger partial charge on any atom is -0.368 e. The Bertz CT molecular complexity index is 835. The Balaban J connectivity index is 1.38. The van der Waals surface area contributed by atoms with Crippen molar-refractivity contribution in [1.82, 2.24) is 19.4 Å². The summed E-state index contributed by atoms with van der Waals surface area (Å²) >= 11 is 0. The molecule has 6 nitrogen and oxygen atoms in total. The molecule has 0 N–H and O–H groups in total. The van der Waals surface area contributed by atoms with Crippen molar-refractivity contribution in [3.8, 4) is 0 Å². The maximum Gasteiger partial charge on any atom is 0.274 e. The van der Waals surface area contributed by atoms with E-state index in [9.17, 15) is 4.79 Å². The molecule has 6 heteroatoms. The van der Waals surface area contributed by atoms with Crippen LogP contribution in [0.2, 0.25) is 0 Å². The van der Waals surface area contributed by atoms with Crippen LogP contribution >= 0.6 is 0 Å². The molecule has 3 heterocycles. The van der Waals surface area contributed by atoms with Crippen LogP contribution < -0.4 is 4.90 Å². The summed E-state index contributed by atoms with van der Waals surface area (Å²) in [7, 11) is 0. The average molecular weight is 382 g/mol. The van der Waals surface area contributed by atoms with Crippen molar-refractivity contribution in [3.05, 3.63) is 47.5 Å². The van der Waals surface area contributed by atoms with E-state index in [4.69, 9.17) is 0 Å². The maximum atomic E-state index is 13.0. The van der Waals surface area contributed by atoms with E-state index in [1.54, 1.807) is 0 Å². The largest absolute Gasteiger partial charge is 0.368 e. The quantitative estimate of drug-likeness (QED) is 0.817. The van der Waals surface area contributed by atoms with Crippen molar-refractivity contribution in [2.75, 3.05) is 44.2 Å². The summed E-state index contributed by atoms with van der Waals surface area (Å²) in [6.07, 6.45) is 1.96. The van der Waals surface area contributed by atoms with E-state index in [1.807, 2.05) is 11.1 Å². The molecule has 2 aliphatic heterocycles. The third-order valence-electron chi connectivity index (χ3n) is 5.66. The topological polar surface area (TPSA) is 44.6 Å². The number of carbonyl (C=O) groups is 1. The lowest BCUT2D eigenvalue weighted by Gasteiger charge is -2.36. The molecule has 1 fully saturated rings. The molecule has 28 heavy (non-hydrogen) atoms. The summed E-state index contributed by atoms with van der Waals surface area (Å²) in [6, 6.07) is 8.58. The molecule has 1 aromatic carbocycles. The molecule has 1 saturated heterocycles. The van der Waals surface area contributed by atoms with Gasteiger partial charge in [-0.25, -0.2) is 4.98 Å². The minimum absolute atomic E-state index is 0.0706. The highest BCUT2D eigenvalue weighted by atomic mass is 16.2. The van der Waals surface area contributed by atoms with Crippen LogP contribution in [0.25, 0.3) is 0 Å². The van der Waals surface area contributed by atoms with Crippen molar-refractivity contribution in [2.24, 2.45) is 5.92 Å². The highest BCUT2D eigenvalue weighted by Gasteiger charge is 2.26. The Morgan fingerprint density at radius 1 is 1.11 bits per heavy atom. The fourth-order valence-electron chi connectivity index (χ4n) is 4.23. The number of anilines is 1. The smallest absolute Gasteiger partial charge is 0.274 e. The summed E-state index contributed by atoms with van der Waals surface area (Å²) < 4.78 is 2.16. The number of piperazine rings is 1. The maximum absolute atomic E-state index is 13.0. The molecule has 0 radical (unpaired) electrons. The van der Waals surface area contributed by atoms with E-state index in [-0.39, 0.29) is 5.91 Å². The number of amides is 1. The van der Waals surface area contributed by atoms with Gasteiger partial charge in [0.25, 0.3) is 5.91 Å². The Hall–Kier alpha value is -2.34. The van der Waals surface area contributed by atoms with Gasteiger partial charge in [-0.1, -0.05) is 26.0 Å². The number of imidazole rings is 1. The second-order valence-corrected chi connectivity index (χ2v) is 8.48. The van der Waals surface area contributed by atoms with Crippen LogP contribution in [0.4, 0.5) is 5.69 Å². The number of nitrogens with zero attached hydrogens (tertiary/aromatic N) is 5. The first kappa shape index (κ1) is 19.0. The Kier molecular flexibility index (Phi) is 5.40. The Morgan fingerprint density at radius 2 is 1.89 bits per heavy atom. The lowest BCUT2D eigenvalue weighted by molar-refractivity contribution is 0.0741. The summed E-state index contributed by atoms with van der Waals surface area (Å²) in [5.41, 5.74) is 3.12. The van der Waals surface area contributed by atoms with E-state index in [0.717, 1.165) is 58.2 Å². The standard InChI is InChI=1S/C22H31N5O/c1-17(2)14-24-7-8-27-15-20(23-21(27)16-24)22(28)26-11-9-25(10-12-26)19-6-4-5-18(3)13-19/h4-6,13,15,17H,7-12,14,16H2,1-3H3. The van der Waals surface area contributed by atoms with Gasteiger partial charge < -0.3 is 14.4 Å². The number of hydrogen-bond acceptors (Lipinski definition) is 4. The second-order valence-electron chi connectivity index (χ2n) is 8.48. The second kappa shape index (κ2) is 7.95. The molecule has 1 amide bonds. The van der Waals surface area contributed by atoms with Gasteiger partial charge in [-0.05, 0) is 30.5 Å². The predicted molar refractivity (Wildman–Crippen MR) is 112 cm³/mol. The molecule has 2 aliphatic rings. The van der Waals surface area contributed by atoms with Crippen LogP contribution in [0, 0.1) is 12.8 Å². The first-order valence-electron chi connectivity index (χ1n) is 10.4. The molecule has 0 saturated carbocycles. The van der Waals surface area contributed by atoms with E-state index >= 15 is 0 Å². The summed E-state index contributed by atoms with van der Waals surface area (Å²) in [4.78, 5) is 24.4. The number of aromatic nitrogens is 2. The van der Waals surface area contributed by atoms with E-state index in [1.165, 1.54) is 11.3 Å². The van der Waals surface area contributed by atoms with Crippen molar-refractivity contribution in [3.63, 3.8) is 0 Å². The van der Waals surface area contributed by atoms with Gasteiger partial charge in [-0.2, -0.15) is 0 Å². The molecule has 4 rings (SSSR count). The van der Waals surface area contributed by atoms with E-state index in [2.05, 4.69) is 64.4 Å². The predicted octanol–water partition coefficient (Wildman–Crippen LogP) is 2.63. The molecular formula is C22H31N5O. The number of carbonyl (C=O) groups excluding carboxylic acids is 1. The fraction of sp³-hybridized carbons (Fsp3) is 0.545. The van der Waals surface area contributed by atoms with Crippen LogP contribution in [0.5, 0.6) is 0 Å². The molecule has 1 aromatic heterocycles. The SMILES string of the molecule is Cc1cccc(N2CCN(C(=O)c3cn4c(n3)CN(CC(C)C)CC4)CC2)c1. The average Bonchev–Trinajstić information content (AvgIpc) is 3.10. The number of hydrogen-bond donors (Lipinski definition) is 0. The van der Waals surface area contributed by atoms with Crippen molar-refractivity contribution < 1.29 is 4.79 Å².